The molecule has 0 saturated carbocycles. The minimum atomic E-state index is 0.334. The highest BCUT2D eigenvalue weighted by Crippen LogP contribution is 2.27. The van der Waals surface area contributed by atoms with Crippen molar-refractivity contribution in [2.45, 2.75) is 6.92 Å². The smallest absolute Gasteiger partial charge is 0.259 e. The van der Waals surface area contributed by atoms with Gasteiger partial charge < -0.3 is 4.52 Å². The fourth-order valence-electron chi connectivity index (χ4n) is 0.984. The normalized spacial score (nSPS) is 10.5. The van der Waals surface area contributed by atoms with Crippen LogP contribution in [0.2, 0.25) is 10.2 Å². The summed E-state index contributed by atoms with van der Waals surface area (Å²) in [7, 11) is 0. The molecule has 2 aromatic heterocycles. The fraction of sp³-hybridized carbons (Fsp3) is 0.125. The highest BCUT2D eigenvalue weighted by atomic mass is 35.5. The molecule has 0 spiro atoms. The van der Waals surface area contributed by atoms with Gasteiger partial charge in [0.05, 0.1) is 10.6 Å². The summed E-state index contributed by atoms with van der Waals surface area (Å²) >= 11 is 11.6. The lowest BCUT2D eigenvalue weighted by Gasteiger charge is -1.97. The van der Waals surface area contributed by atoms with Crippen molar-refractivity contribution in [3.05, 3.63) is 28.3 Å². The molecule has 4 nitrogen and oxygen atoms in total. The molecule has 0 bridgehead atoms. The number of halogens is 2. The number of hydrogen-bond acceptors (Lipinski definition) is 4. The topological polar surface area (TPSA) is 51.8 Å². The van der Waals surface area contributed by atoms with Crippen LogP contribution < -0.4 is 0 Å². The summed E-state index contributed by atoms with van der Waals surface area (Å²) in [6.07, 6.45) is 1.44. The van der Waals surface area contributed by atoms with Crippen molar-refractivity contribution in [2.24, 2.45) is 0 Å². The summed E-state index contributed by atoms with van der Waals surface area (Å²) in [5.74, 6) is 0.890. The lowest BCUT2D eigenvalue weighted by molar-refractivity contribution is 0.425. The van der Waals surface area contributed by atoms with Crippen LogP contribution in [0.15, 0.2) is 16.8 Å². The van der Waals surface area contributed by atoms with Gasteiger partial charge in [-0.15, -0.1) is 0 Å². The number of pyridine rings is 1. The van der Waals surface area contributed by atoms with Gasteiger partial charge in [-0.1, -0.05) is 28.4 Å². The zero-order valence-corrected chi connectivity index (χ0v) is 8.67. The monoisotopic (exact) mass is 229 g/mol. The molecule has 14 heavy (non-hydrogen) atoms. The molecule has 2 aromatic rings. The van der Waals surface area contributed by atoms with Crippen molar-refractivity contribution in [3.63, 3.8) is 0 Å². The molecule has 0 saturated heterocycles. The number of nitrogens with zero attached hydrogens (tertiary/aromatic N) is 3. The first-order valence-corrected chi connectivity index (χ1v) is 4.54. The van der Waals surface area contributed by atoms with E-state index in [4.69, 9.17) is 27.7 Å². The van der Waals surface area contributed by atoms with E-state index in [0.717, 1.165) is 0 Å². The van der Waals surface area contributed by atoms with Gasteiger partial charge in [0.1, 0.15) is 5.15 Å². The van der Waals surface area contributed by atoms with Crippen molar-refractivity contribution in [3.8, 4) is 11.5 Å². The van der Waals surface area contributed by atoms with Gasteiger partial charge in [-0.3, -0.25) is 0 Å². The SMILES string of the molecule is Cc1noc(-c2cc(Cl)ncc2Cl)n1. The van der Waals surface area contributed by atoms with Crippen LogP contribution in [0.5, 0.6) is 0 Å². The van der Waals surface area contributed by atoms with Crippen LogP contribution in [0.25, 0.3) is 11.5 Å². The predicted molar refractivity (Wildman–Crippen MR) is 52.3 cm³/mol. The zero-order chi connectivity index (χ0) is 10.1. The van der Waals surface area contributed by atoms with Crippen LogP contribution in [-0.4, -0.2) is 15.1 Å². The van der Waals surface area contributed by atoms with Crippen molar-refractivity contribution < 1.29 is 4.52 Å². The summed E-state index contributed by atoms with van der Waals surface area (Å²) < 4.78 is 4.95. The summed E-state index contributed by atoms with van der Waals surface area (Å²) in [6, 6.07) is 1.58. The Morgan fingerprint density at radius 3 is 2.79 bits per heavy atom. The first kappa shape index (κ1) is 9.43. The van der Waals surface area contributed by atoms with E-state index in [1.54, 1.807) is 13.0 Å². The molecule has 2 heterocycles. The minimum absolute atomic E-state index is 0.334. The second-order valence-corrected chi connectivity index (χ2v) is 3.43. The Bertz CT molecular complexity index is 469. The fourth-order valence-corrected chi connectivity index (χ4v) is 1.33. The van der Waals surface area contributed by atoms with Crippen LogP contribution in [-0.2, 0) is 0 Å². The van der Waals surface area contributed by atoms with Crippen LogP contribution in [0.4, 0.5) is 0 Å². The molecule has 2 rings (SSSR count). The quantitative estimate of drug-likeness (QED) is 0.706. The molecule has 0 aliphatic carbocycles. The van der Waals surface area contributed by atoms with Crippen molar-refractivity contribution in [1.82, 2.24) is 15.1 Å². The van der Waals surface area contributed by atoms with E-state index in [-0.39, 0.29) is 0 Å². The molecule has 0 aliphatic rings. The van der Waals surface area contributed by atoms with Gasteiger partial charge >= 0.3 is 0 Å². The zero-order valence-electron chi connectivity index (χ0n) is 7.16. The maximum atomic E-state index is 5.89. The Kier molecular flexibility index (Phi) is 2.39. The third-order valence-corrected chi connectivity index (χ3v) is 2.09. The average Bonchev–Trinajstić information content (AvgIpc) is 2.56. The first-order valence-electron chi connectivity index (χ1n) is 3.78. The molecule has 72 valence electrons. The number of aryl methyl sites for hydroxylation is 1. The van der Waals surface area contributed by atoms with Gasteiger partial charge in [0.25, 0.3) is 5.89 Å². The average molecular weight is 230 g/mol. The van der Waals surface area contributed by atoms with E-state index in [1.807, 2.05) is 0 Å². The molecule has 6 heteroatoms. The maximum Gasteiger partial charge on any atom is 0.259 e. The largest absolute Gasteiger partial charge is 0.334 e. The number of aromatic nitrogens is 3. The Hall–Kier alpha value is -1.13. The molecule has 0 atom stereocenters. The van der Waals surface area contributed by atoms with Crippen molar-refractivity contribution in [1.29, 1.82) is 0 Å². The Labute approximate surface area is 89.9 Å². The molecular weight excluding hydrogens is 225 g/mol. The van der Waals surface area contributed by atoms with Gasteiger partial charge in [0.2, 0.25) is 0 Å². The highest BCUT2D eigenvalue weighted by molar-refractivity contribution is 6.34. The van der Waals surface area contributed by atoms with E-state index < -0.39 is 0 Å². The first-order chi connectivity index (χ1) is 6.66. The molecule has 0 unspecified atom stereocenters. The maximum absolute atomic E-state index is 5.89. The van der Waals surface area contributed by atoms with Crippen molar-refractivity contribution >= 4 is 23.2 Å². The lowest BCUT2D eigenvalue weighted by atomic mass is 10.3. The Morgan fingerprint density at radius 2 is 2.14 bits per heavy atom. The third kappa shape index (κ3) is 1.71. The molecule has 0 fully saturated rings. The van der Waals surface area contributed by atoms with Gasteiger partial charge in [-0.2, -0.15) is 4.98 Å². The second-order valence-electron chi connectivity index (χ2n) is 2.63. The molecule has 0 amide bonds. The van der Waals surface area contributed by atoms with Crippen molar-refractivity contribution in [2.75, 3.05) is 0 Å². The molecule has 0 aromatic carbocycles. The van der Waals surface area contributed by atoms with Crippen LogP contribution >= 0.6 is 23.2 Å². The Morgan fingerprint density at radius 1 is 1.36 bits per heavy atom. The molecule has 0 N–H and O–H groups in total. The van der Waals surface area contributed by atoms with E-state index in [9.17, 15) is 0 Å². The lowest BCUT2D eigenvalue weighted by Crippen LogP contribution is -1.83. The van der Waals surface area contributed by atoms with Crippen LogP contribution in [0.3, 0.4) is 0 Å². The summed E-state index contributed by atoms with van der Waals surface area (Å²) in [5.41, 5.74) is 0.590. The standard InChI is InChI=1S/C8H5Cl2N3O/c1-4-12-8(14-13-4)5-2-7(10)11-3-6(5)9/h2-3H,1H3. The van der Waals surface area contributed by atoms with E-state index >= 15 is 0 Å². The number of hydrogen-bond donors (Lipinski definition) is 0. The van der Waals surface area contributed by atoms with Gasteiger partial charge in [0, 0.05) is 6.20 Å². The third-order valence-electron chi connectivity index (χ3n) is 1.58. The van der Waals surface area contributed by atoms with Crippen LogP contribution in [0.1, 0.15) is 5.82 Å². The summed E-state index contributed by atoms with van der Waals surface area (Å²) in [5, 5.41) is 4.42. The summed E-state index contributed by atoms with van der Waals surface area (Å²) in [6.45, 7) is 1.73. The Balaban J connectivity index is 2.55. The molecule has 0 radical (unpaired) electrons. The highest BCUT2D eigenvalue weighted by Gasteiger charge is 2.11. The van der Waals surface area contributed by atoms with E-state index in [1.165, 1.54) is 6.20 Å². The van der Waals surface area contributed by atoms with Gasteiger partial charge in [0.15, 0.2) is 5.82 Å². The number of rotatable bonds is 1. The van der Waals surface area contributed by atoms with Gasteiger partial charge in [-0.25, -0.2) is 4.98 Å². The second kappa shape index (κ2) is 3.55. The predicted octanol–water partition coefficient (Wildman–Crippen LogP) is 2.75. The van der Waals surface area contributed by atoms with E-state index in [2.05, 4.69) is 15.1 Å². The van der Waals surface area contributed by atoms with Crippen LogP contribution in [0, 0.1) is 6.92 Å². The van der Waals surface area contributed by atoms with Gasteiger partial charge in [-0.05, 0) is 13.0 Å². The molecular formula is C8H5Cl2N3O. The van der Waals surface area contributed by atoms with E-state index in [0.29, 0.717) is 27.5 Å². The summed E-state index contributed by atoms with van der Waals surface area (Å²) in [4.78, 5) is 7.85. The molecule has 0 aliphatic heterocycles. The minimum Gasteiger partial charge on any atom is -0.334 e.